The maximum atomic E-state index is 10.9. The molecule has 72 valence electrons. The lowest BCUT2D eigenvalue weighted by atomic mass is 10.0. The highest BCUT2D eigenvalue weighted by Crippen LogP contribution is 2.21. The first-order chi connectivity index (χ1) is 6.69. The molecule has 0 aliphatic rings. The quantitative estimate of drug-likeness (QED) is 0.727. The SMILES string of the molecule is COc1cccc(CC(C)=O)c1C#N. The topological polar surface area (TPSA) is 50.1 Å². The highest BCUT2D eigenvalue weighted by Gasteiger charge is 2.09. The fraction of sp³-hybridized carbons (Fsp3) is 0.273. The Bertz CT molecular complexity index is 391. The summed E-state index contributed by atoms with van der Waals surface area (Å²) in [6.07, 6.45) is 0.278. The molecule has 0 atom stereocenters. The minimum atomic E-state index is 0.0368. The number of ether oxygens (including phenoxy) is 1. The van der Waals surface area contributed by atoms with Crippen molar-refractivity contribution in [2.75, 3.05) is 7.11 Å². The van der Waals surface area contributed by atoms with Gasteiger partial charge in [-0.1, -0.05) is 12.1 Å². The molecule has 0 unspecified atom stereocenters. The van der Waals surface area contributed by atoms with Crippen LogP contribution in [0.5, 0.6) is 5.75 Å². The van der Waals surface area contributed by atoms with E-state index < -0.39 is 0 Å². The van der Waals surface area contributed by atoms with Crippen LogP contribution < -0.4 is 4.74 Å². The van der Waals surface area contributed by atoms with Crippen molar-refractivity contribution in [1.82, 2.24) is 0 Å². The predicted octanol–water partition coefficient (Wildman–Crippen LogP) is 1.70. The van der Waals surface area contributed by atoms with Crippen LogP contribution in [0.15, 0.2) is 18.2 Å². The molecule has 0 N–H and O–H groups in total. The highest BCUT2D eigenvalue weighted by atomic mass is 16.5. The Balaban J connectivity index is 3.17. The van der Waals surface area contributed by atoms with Crippen LogP contribution in [0.1, 0.15) is 18.1 Å². The van der Waals surface area contributed by atoms with Crippen molar-refractivity contribution in [1.29, 1.82) is 5.26 Å². The molecule has 0 bridgehead atoms. The van der Waals surface area contributed by atoms with E-state index in [0.717, 1.165) is 5.56 Å². The lowest BCUT2D eigenvalue weighted by molar-refractivity contribution is -0.116. The Morgan fingerprint density at radius 2 is 2.29 bits per heavy atom. The zero-order valence-corrected chi connectivity index (χ0v) is 8.20. The molecule has 0 radical (unpaired) electrons. The average molecular weight is 189 g/mol. The van der Waals surface area contributed by atoms with E-state index in [1.807, 2.05) is 6.07 Å². The van der Waals surface area contributed by atoms with Gasteiger partial charge in [0.05, 0.1) is 12.7 Å². The normalized spacial score (nSPS) is 9.21. The second kappa shape index (κ2) is 4.43. The van der Waals surface area contributed by atoms with Gasteiger partial charge in [-0.3, -0.25) is 4.79 Å². The number of nitriles is 1. The molecule has 0 fully saturated rings. The molecule has 0 amide bonds. The highest BCUT2D eigenvalue weighted by molar-refractivity contribution is 5.79. The monoisotopic (exact) mass is 189 g/mol. The number of nitrogens with zero attached hydrogens (tertiary/aromatic N) is 1. The lowest BCUT2D eigenvalue weighted by Crippen LogP contribution is -2.00. The van der Waals surface area contributed by atoms with Crippen molar-refractivity contribution in [3.05, 3.63) is 29.3 Å². The van der Waals surface area contributed by atoms with Crippen LogP contribution in [-0.4, -0.2) is 12.9 Å². The van der Waals surface area contributed by atoms with Crippen LogP contribution in [0, 0.1) is 11.3 Å². The molecule has 0 saturated carbocycles. The van der Waals surface area contributed by atoms with Gasteiger partial charge in [0.25, 0.3) is 0 Å². The van der Waals surface area contributed by atoms with E-state index in [0.29, 0.717) is 11.3 Å². The number of benzene rings is 1. The Morgan fingerprint density at radius 1 is 1.57 bits per heavy atom. The second-order valence-corrected chi connectivity index (χ2v) is 2.98. The van der Waals surface area contributed by atoms with Gasteiger partial charge >= 0.3 is 0 Å². The van der Waals surface area contributed by atoms with Crippen molar-refractivity contribution < 1.29 is 9.53 Å². The molecule has 1 aromatic rings. The molecular formula is C11H11NO2. The summed E-state index contributed by atoms with van der Waals surface area (Å²) < 4.78 is 5.02. The molecular weight excluding hydrogens is 178 g/mol. The van der Waals surface area contributed by atoms with Crippen LogP contribution in [0.25, 0.3) is 0 Å². The van der Waals surface area contributed by atoms with Crippen LogP contribution >= 0.6 is 0 Å². The van der Waals surface area contributed by atoms with E-state index in [1.54, 1.807) is 18.2 Å². The summed E-state index contributed by atoms with van der Waals surface area (Å²) in [7, 11) is 1.51. The third-order valence-corrected chi connectivity index (χ3v) is 1.88. The lowest BCUT2D eigenvalue weighted by Gasteiger charge is -2.06. The standard InChI is InChI=1S/C11H11NO2/c1-8(13)6-9-4-3-5-11(14-2)10(9)7-12/h3-5H,6H2,1-2H3. The van der Waals surface area contributed by atoms with Gasteiger partial charge < -0.3 is 4.74 Å². The first kappa shape index (κ1) is 10.3. The molecule has 3 heteroatoms. The number of ketones is 1. The Labute approximate surface area is 82.9 Å². The van der Waals surface area contributed by atoms with Gasteiger partial charge in [-0.25, -0.2) is 0 Å². The van der Waals surface area contributed by atoms with Crippen LogP contribution in [-0.2, 0) is 11.2 Å². The predicted molar refractivity (Wildman–Crippen MR) is 52.1 cm³/mol. The number of methoxy groups -OCH3 is 1. The summed E-state index contributed by atoms with van der Waals surface area (Å²) in [5.41, 5.74) is 1.17. The van der Waals surface area contributed by atoms with Crippen LogP contribution in [0.3, 0.4) is 0 Å². The summed E-state index contributed by atoms with van der Waals surface area (Å²) >= 11 is 0. The van der Waals surface area contributed by atoms with Crippen molar-refractivity contribution in [2.24, 2.45) is 0 Å². The van der Waals surface area contributed by atoms with Gasteiger partial charge in [-0.15, -0.1) is 0 Å². The third-order valence-electron chi connectivity index (χ3n) is 1.88. The Kier molecular flexibility index (Phi) is 3.24. The number of hydrogen-bond donors (Lipinski definition) is 0. The molecule has 0 spiro atoms. The molecule has 14 heavy (non-hydrogen) atoms. The fourth-order valence-electron chi connectivity index (χ4n) is 1.29. The Morgan fingerprint density at radius 3 is 2.79 bits per heavy atom. The van der Waals surface area contributed by atoms with E-state index in [2.05, 4.69) is 0 Å². The van der Waals surface area contributed by atoms with Crippen LogP contribution in [0.2, 0.25) is 0 Å². The molecule has 0 aromatic heterocycles. The van der Waals surface area contributed by atoms with E-state index in [1.165, 1.54) is 14.0 Å². The minimum Gasteiger partial charge on any atom is -0.495 e. The van der Waals surface area contributed by atoms with Crippen molar-refractivity contribution in [3.63, 3.8) is 0 Å². The summed E-state index contributed by atoms with van der Waals surface area (Å²) in [6, 6.07) is 7.30. The van der Waals surface area contributed by atoms with Gasteiger partial charge in [-0.2, -0.15) is 5.26 Å². The molecule has 0 heterocycles. The number of rotatable bonds is 3. The van der Waals surface area contributed by atoms with Crippen molar-refractivity contribution in [3.8, 4) is 11.8 Å². The summed E-state index contributed by atoms with van der Waals surface area (Å²) in [4.78, 5) is 10.9. The summed E-state index contributed by atoms with van der Waals surface area (Å²) in [5.74, 6) is 0.556. The number of Topliss-reactive ketones (excluding diaryl/α,β-unsaturated/α-hetero) is 1. The zero-order valence-electron chi connectivity index (χ0n) is 8.20. The maximum absolute atomic E-state index is 10.9. The fourth-order valence-corrected chi connectivity index (χ4v) is 1.29. The van der Waals surface area contributed by atoms with Crippen LogP contribution in [0.4, 0.5) is 0 Å². The van der Waals surface area contributed by atoms with E-state index in [-0.39, 0.29) is 12.2 Å². The number of carbonyl (C=O) groups is 1. The largest absolute Gasteiger partial charge is 0.495 e. The molecule has 3 nitrogen and oxygen atoms in total. The van der Waals surface area contributed by atoms with Crippen molar-refractivity contribution >= 4 is 5.78 Å². The Hall–Kier alpha value is -1.82. The van der Waals surface area contributed by atoms with Gasteiger partial charge in [0.1, 0.15) is 17.6 Å². The number of hydrogen-bond acceptors (Lipinski definition) is 3. The second-order valence-electron chi connectivity index (χ2n) is 2.98. The first-order valence-electron chi connectivity index (χ1n) is 4.24. The minimum absolute atomic E-state index is 0.0368. The van der Waals surface area contributed by atoms with Gasteiger partial charge in [-0.05, 0) is 18.6 Å². The van der Waals surface area contributed by atoms with Crippen molar-refractivity contribution in [2.45, 2.75) is 13.3 Å². The molecule has 1 rings (SSSR count). The average Bonchev–Trinajstić information content (AvgIpc) is 2.16. The van der Waals surface area contributed by atoms with Gasteiger partial charge in [0, 0.05) is 6.42 Å². The third kappa shape index (κ3) is 2.11. The summed E-state index contributed by atoms with van der Waals surface area (Å²) in [6.45, 7) is 1.50. The molecule has 0 saturated heterocycles. The van der Waals surface area contributed by atoms with Gasteiger partial charge in [0.2, 0.25) is 0 Å². The zero-order chi connectivity index (χ0) is 10.6. The van der Waals surface area contributed by atoms with Gasteiger partial charge in [0.15, 0.2) is 0 Å². The first-order valence-corrected chi connectivity index (χ1v) is 4.24. The molecule has 0 aliphatic heterocycles. The maximum Gasteiger partial charge on any atom is 0.136 e. The summed E-state index contributed by atoms with van der Waals surface area (Å²) in [5, 5.41) is 8.90. The van der Waals surface area contributed by atoms with E-state index in [9.17, 15) is 4.79 Å². The molecule has 1 aromatic carbocycles. The smallest absolute Gasteiger partial charge is 0.136 e. The van der Waals surface area contributed by atoms with E-state index in [4.69, 9.17) is 10.00 Å². The van der Waals surface area contributed by atoms with E-state index >= 15 is 0 Å². The molecule has 0 aliphatic carbocycles. The number of carbonyl (C=O) groups excluding carboxylic acids is 1.